The SMILES string of the molecule is N#Cc1ccc2c(c1)c1ccccc1n2-c1c(C#N)cc(-c2ccccc2[Si](c2ccccc2)(c2ccccc2)c2ccccc2)cc1C#N. The van der Waals surface area contributed by atoms with Crippen LogP contribution < -0.4 is 20.7 Å². The highest BCUT2D eigenvalue weighted by Gasteiger charge is 2.43. The van der Waals surface area contributed by atoms with E-state index in [0.717, 1.165) is 32.9 Å². The van der Waals surface area contributed by atoms with Crippen LogP contribution in [0.25, 0.3) is 38.6 Å². The van der Waals surface area contributed by atoms with Crippen LogP contribution in [0.1, 0.15) is 16.7 Å². The lowest BCUT2D eigenvalue weighted by atomic mass is 9.98. The number of para-hydroxylation sites is 1. The van der Waals surface area contributed by atoms with Gasteiger partial charge in [0.15, 0.2) is 8.07 Å². The van der Waals surface area contributed by atoms with Crippen LogP contribution in [0.5, 0.6) is 0 Å². The van der Waals surface area contributed by atoms with E-state index in [1.54, 1.807) is 6.07 Å². The monoisotopic (exact) mass is 652 g/mol. The van der Waals surface area contributed by atoms with Crippen molar-refractivity contribution in [3.8, 4) is 35.0 Å². The Morgan fingerprint density at radius 3 is 1.50 bits per heavy atom. The zero-order valence-electron chi connectivity index (χ0n) is 27.0. The summed E-state index contributed by atoms with van der Waals surface area (Å²) in [5.41, 5.74) is 5.36. The summed E-state index contributed by atoms with van der Waals surface area (Å²) < 4.78 is 2.00. The highest BCUT2D eigenvalue weighted by molar-refractivity contribution is 7.20. The Morgan fingerprint density at radius 2 is 0.940 bits per heavy atom. The van der Waals surface area contributed by atoms with Crippen molar-refractivity contribution in [2.75, 3.05) is 0 Å². The summed E-state index contributed by atoms with van der Waals surface area (Å²) in [5, 5.41) is 38.0. The standard InChI is InChI=1S/C45H28N4Si/c46-29-32-24-25-43-41(26-32)40-21-10-12-22-42(40)49(43)45-34(30-47)27-33(28-35(45)31-48)39-20-11-13-23-44(39)50(36-14-4-1-5-15-36,37-16-6-2-7-17-37)38-18-8-3-9-19-38/h1-28H. The lowest BCUT2D eigenvalue weighted by Crippen LogP contribution is -2.75. The summed E-state index contributed by atoms with van der Waals surface area (Å²) in [4.78, 5) is 0. The molecule has 0 spiro atoms. The van der Waals surface area contributed by atoms with Gasteiger partial charge in [-0.25, -0.2) is 0 Å². The van der Waals surface area contributed by atoms with Gasteiger partial charge in [-0.15, -0.1) is 0 Å². The van der Waals surface area contributed by atoms with Crippen LogP contribution in [0.4, 0.5) is 0 Å². The van der Waals surface area contributed by atoms with Crippen LogP contribution in [-0.4, -0.2) is 12.6 Å². The smallest absolute Gasteiger partial charge is 0.180 e. The molecular weight excluding hydrogens is 625 g/mol. The van der Waals surface area contributed by atoms with Crippen molar-refractivity contribution in [3.63, 3.8) is 0 Å². The average Bonchev–Trinajstić information content (AvgIpc) is 3.52. The maximum atomic E-state index is 10.8. The van der Waals surface area contributed by atoms with Crippen LogP contribution in [-0.2, 0) is 0 Å². The Labute approximate surface area is 291 Å². The zero-order valence-corrected chi connectivity index (χ0v) is 28.0. The number of benzene rings is 7. The van der Waals surface area contributed by atoms with Gasteiger partial charge >= 0.3 is 0 Å². The van der Waals surface area contributed by atoms with E-state index in [0.29, 0.717) is 22.4 Å². The van der Waals surface area contributed by atoms with E-state index in [9.17, 15) is 15.8 Å². The van der Waals surface area contributed by atoms with E-state index in [-0.39, 0.29) is 0 Å². The van der Waals surface area contributed by atoms with Crippen molar-refractivity contribution in [1.29, 1.82) is 15.8 Å². The molecule has 4 nitrogen and oxygen atoms in total. The van der Waals surface area contributed by atoms with Crippen molar-refractivity contribution in [2.45, 2.75) is 0 Å². The largest absolute Gasteiger partial charge is 0.307 e. The van der Waals surface area contributed by atoms with Gasteiger partial charge in [-0.3, -0.25) is 0 Å². The van der Waals surface area contributed by atoms with Gasteiger partial charge in [0.2, 0.25) is 0 Å². The molecule has 7 aromatic carbocycles. The summed E-state index contributed by atoms with van der Waals surface area (Å²) in [5.74, 6) is 0. The quantitative estimate of drug-likeness (QED) is 0.138. The predicted octanol–water partition coefficient (Wildman–Crippen LogP) is 7.44. The molecular formula is C45H28N4Si. The first-order chi connectivity index (χ1) is 24.7. The van der Waals surface area contributed by atoms with Gasteiger partial charge in [-0.1, -0.05) is 133 Å². The molecule has 8 rings (SSSR count). The molecule has 50 heavy (non-hydrogen) atoms. The molecule has 0 aliphatic rings. The summed E-state index contributed by atoms with van der Waals surface area (Å²) in [7, 11) is -2.93. The second-order valence-corrected chi connectivity index (χ2v) is 16.0. The molecule has 0 atom stereocenters. The highest BCUT2D eigenvalue weighted by Crippen LogP contribution is 2.36. The Bertz CT molecular complexity index is 2540. The third-order valence-electron chi connectivity index (χ3n) is 9.64. The molecule has 8 aromatic rings. The molecule has 0 radical (unpaired) electrons. The van der Waals surface area contributed by atoms with E-state index in [1.165, 1.54) is 20.7 Å². The lowest BCUT2D eigenvalue weighted by molar-refractivity contribution is 1.15. The Kier molecular flexibility index (Phi) is 7.63. The minimum atomic E-state index is -2.93. The van der Waals surface area contributed by atoms with Gasteiger partial charge in [0.25, 0.3) is 0 Å². The molecule has 0 fully saturated rings. The third-order valence-corrected chi connectivity index (χ3v) is 14.5. The molecule has 0 aliphatic heterocycles. The van der Waals surface area contributed by atoms with Crippen LogP contribution in [0.3, 0.4) is 0 Å². The summed E-state index contributed by atoms with van der Waals surface area (Å²) in [6, 6.07) is 65.1. The Hall–Kier alpha value is -6.97. The van der Waals surface area contributed by atoms with Crippen LogP contribution >= 0.6 is 0 Å². The minimum absolute atomic E-state index is 0.396. The van der Waals surface area contributed by atoms with Crippen molar-refractivity contribution < 1.29 is 0 Å². The molecule has 0 N–H and O–H groups in total. The predicted molar refractivity (Wildman–Crippen MR) is 204 cm³/mol. The van der Waals surface area contributed by atoms with Gasteiger partial charge in [-0.05, 0) is 68.3 Å². The van der Waals surface area contributed by atoms with Crippen LogP contribution in [0, 0.1) is 34.0 Å². The number of fused-ring (bicyclic) bond motifs is 3. The molecule has 0 aliphatic carbocycles. The van der Waals surface area contributed by atoms with Crippen molar-refractivity contribution in [3.05, 3.63) is 187 Å². The molecule has 0 amide bonds. The number of nitriles is 3. The van der Waals surface area contributed by atoms with E-state index in [4.69, 9.17) is 0 Å². The van der Waals surface area contributed by atoms with Gasteiger partial charge in [0.05, 0.1) is 39.5 Å². The summed E-state index contributed by atoms with van der Waals surface area (Å²) in [6.45, 7) is 0. The number of rotatable bonds is 6. The maximum Gasteiger partial charge on any atom is 0.180 e. The van der Waals surface area contributed by atoms with E-state index >= 15 is 0 Å². The van der Waals surface area contributed by atoms with Crippen molar-refractivity contribution in [2.24, 2.45) is 0 Å². The molecule has 0 unspecified atom stereocenters. The molecule has 5 heteroatoms. The normalized spacial score (nSPS) is 11.1. The summed E-state index contributed by atoms with van der Waals surface area (Å²) >= 11 is 0. The van der Waals surface area contributed by atoms with Gasteiger partial charge in [0.1, 0.15) is 12.1 Å². The van der Waals surface area contributed by atoms with E-state index in [2.05, 4.69) is 127 Å². The maximum absolute atomic E-state index is 10.8. The first kappa shape index (κ1) is 30.4. The second kappa shape index (κ2) is 12.6. The van der Waals surface area contributed by atoms with Crippen LogP contribution in [0.15, 0.2) is 170 Å². The third kappa shape index (κ3) is 4.72. The number of aromatic nitrogens is 1. The topological polar surface area (TPSA) is 76.3 Å². The molecule has 1 heterocycles. The minimum Gasteiger partial charge on any atom is -0.307 e. The second-order valence-electron chi connectivity index (χ2n) is 12.2. The fourth-order valence-corrected chi connectivity index (χ4v) is 12.6. The fraction of sp³-hybridized carbons (Fsp3) is 0. The first-order valence-corrected chi connectivity index (χ1v) is 18.4. The van der Waals surface area contributed by atoms with E-state index < -0.39 is 8.07 Å². The van der Waals surface area contributed by atoms with E-state index in [1.807, 2.05) is 59.2 Å². The number of hydrogen-bond acceptors (Lipinski definition) is 3. The molecule has 0 bridgehead atoms. The van der Waals surface area contributed by atoms with Crippen molar-refractivity contribution in [1.82, 2.24) is 4.57 Å². The molecule has 0 saturated carbocycles. The summed E-state index contributed by atoms with van der Waals surface area (Å²) in [6.07, 6.45) is 0. The van der Waals surface area contributed by atoms with Gasteiger partial charge in [0, 0.05) is 10.8 Å². The van der Waals surface area contributed by atoms with Crippen LogP contribution in [0.2, 0.25) is 0 Å². The fourth-order valence-electron chi connectivity index (χ4n) is 7.58. The van der Waals surface area contributed by atoms with Gasteiger partial charge in [-0.2, -0.15) is 15.8 Å². The Balaban J connectivity index is 1.44. The lowest BCUT2D eigenvalue weighted by Gasteiger charge is -2.36. The zero-order chi connectivity index (χ0) is 34.1. The number of nitrogens with zero attached hydrogens (tertiary/aromatic N) is 4. The average molecular weight is 653 g/mol. The highest BCUT2D eigenvalue weighted by atomic mass is 28.3. The first-order valence-electron chi connectivity index (χ1n) is 16.4. The molecule has 0 saturated heterocycles. The number of hydrogen-bond donors (Lipinski definition) is 0. The van der Waals surface area contributed by atoms with Gasteiger partial charge < -0.3 is 4.57 Å². The Morgan fingerprint density at radius 1 is 0.440 bits per heavy atom. The molecule has 1 aromatic heterocycles. The molecule has 232 valence electrons. The van der Waals surface area contributed by atoms with Crippen molar-refractivity contribution >= 4 is 50.6 Å².